The fourth-order valence-electron chi connectivity index (χ4n) is 3.74. The Morgan fingerprint density at radius 1 is 1.17 bits per heavy atom. The van der Waals surface area contributed by atoms with E-state index in [4.69, 9.17) is 4.74 Å². The van der Waals surface area contributed by atoms with Crippen molar-refractivity contribution in [3.8, 4) is 5.75 Å². The van der Waals surface area contributed by atoms with E-state index in [2.05, 4.69) is 5.32 Å². The van der Waals surface area contributed by atoms with E-state index in [0.29, 0.717) is 32.4 Å². The van der Waals surface area contributed by atoms with E-state index in [1.807, 2.05) is 48.2 Å². The molecule has 1 heterocycles. The number of carbonyl (C=O) groups excluding carboxylic acids is 2. The number of aromatic hydroxyl groups is 1. The summed E-state index contributed by atoms with van der Waals surface area (Å²) >= 11 is 0. The van der Waals surface area contributed by atoms with Crippen LogP contribution in [0.15, 0.2) is 48.5 Å². The molecule has 0 spiro atoms. The van der Waals surface area contributed by atoms with Crippen LogP contribution < -0.4 is 5.32 Å². The first kappa shape index (κ1) is 20.9. The number of phenolic OH excluding ortho intramolecular Hbond substituents is 1. The summed E-state index contributed by atoms with van der Waals surface area (Å²) in [4.78, 5) is 26.6. The molecule has 0 unspecified atom stereocenters. The molecule has 2 aromatic carbocycles. The van der Waals surface area contributed by atoms with Crippen LogP contribution in [-0.2, 0) is 27.3 Å². The van der Waals surface area contributed by atoms with Crippen molar-refractivity contribution in [1.29, 1.82) is 0 Å². The van der Waals surface area contributed by atoms with Gasteiger partial charge in [-0.2, -0.15) is 0 Å². The van der Waals surface area contributed by atoms with Crippen molar-refractivity contribution in [1.82, 2.24) is 10.2 Å². The minimum atomic E-state index is -0.443. The van der Waals surface area contributed by atoms with Gasteiger partial charge in [-0.05, 0) is 31.4 Å². The predicted octanol–water partition coefficient (Wildman–Crippen LogP) is 2.57. The second kappa shape index (κ2) is 9.56. The van der Waals surface area contributed by atoms with Crippen molar-refractivity contribution in [3.63, 3.8) is 0 Å². The number of hydrogen-bond acceptors (Lipinski definition) is 5. The largest absolute Gasteiger partial charge is 0.508 e. The van der Waals surface area contributed by atoms with E-state index in [1.54, 1.807) is 12.1 Å². The highest BCUT2D eigenvalue weighted by atomic mass is 16.5. The Bertz CT molecular complexity index is 850. The third kappa shape index (κ3) is 5.57. The number of rotatable bonds is 7. The Morgan fingerprint density at radius 3 is 2.59 bits per heavy atom. The quantitative estimate of drug-likeness (QED) is 0.704. The van der Waals surface area contributed by atoms with Gasteiger partial charge in [0.05, 0.1) is 7.11 Å². The molecule has 6 heteroatoms. The number of likely N-dealkylation sites (tertiary alicyclic amines) is 1. The number of aryl methyl sites for hydroxylation is 2. The molecule has 1 aliphatic rings. The van der Waals surface area contributed by atoms with E-state index in [1.165, 1.54) is 12.7 Å². The van der Waals surface area contributed by atoms with Crippen molar-refractivity contribution in [2.45, 2.75) is 44.8 Å². The Morgan fingerprint density at radius 2 is 1.90 bits per heavy atom. The van der Waals surface area contributed by atoms with Crippen molar-refractivity contribution >= 4 is 11.9 Å². The van der Waals surface area contributed by atoms with Gasteiger partial charge in [0.2, 0.25) is 5.91 Å². The van der Waals surface area contributed by atoms with Gasteiger partial charge in [0, 0.05) is 31.1 Å². The lowest BCUT2D eigenvalue weighted by molar-refractivity contribution is -0.146. The summed E-state index contributed by atoms with van der Waals surface area (Å²) in [5.74, 6) is -0.151. The van der Waals surface area contributed by atoms with E-state index in [-0.39, 0.29) is 23.7 Å². The van der Waals surface area contributed by atoms with Crippen LogP contribution in [0.5, 0.6) is 5.75 Å². The summed E-state index contributed by atoms with van der Waals surface area (Å²) in [6.45, 7) is 2.99. The molecule has 0 bridgehead atoms. The number of para-hydroxylation sites is 1. The van der Waals surface area contributed by atoms with E-state index < -0.39 is 6.04 Å². The zero-order valence-electron chi connectivity index (χ0n) is 16.9. The van der Waals surface area contributed by atoms with Crippen molar-refractivity contribution in [2.24, 2.45) is 0 Å². The van der Waals surface area contributed by atoms with E-state index in [0.717, 1.165) is 11.1 Å². The third-order valence-electron chi connectivity index (χ3n) is 5.37. The maximum atomic E-state index is 12.4. The summed E-state index contributed by atoms with van der Waals surface area (Å²) in [5.41, 5.74) is 3.07. The Hall–Kier alpha value is -2.86. The molecule has 6 nitrogen and oxygen atoms in total. The van der Waals surface area contributed by atoms with Crippen LogP contribution >= 0.6 is 0 Å². The maximum absolute atomic E-state index is 12.4. The fourth-order valence-corrected chi connectivity index (χ4v) is 3.74. The molecule has 3 rings (SSSR count). The average molecular weight is 396 g/mol. The molecule has 0 aromatic heterocycles. The summed E-state index contributed by atoms with van der Waals surface area (Å²) in [6.07, 6.45) is 1.58. The molecule has 1 amide bonds. The highest BCUT2D eigenvalue weighted by Crippen LogP contribution is 2.25. The van der Waals surface area contributed by atoms with Gasteiger partial charge in [-0.25, -0.2) is 0 Å². The van der Waals surface area contributed by atoms with Crippen molar-refractivity contribution in [3.05, 3.63) is 65.2 Å². The Balaban J connectivity index is 1.58. The van der Waals surface area contributed by atoms with Gasteiger partial charge in [0.1, 0.15) is 11.8 Å². The summed E-state index contributed by atoms with van der Waals surface area (Å²) in [6, 6.07) is 14.7. The molecule has 0 radical (unpaired) electrons. The van der Waals surface area contributed by atoms with E-state index in [9.17, 15) is 14.7 Å². The highest BCUT2D eigenvalue weighted by Gasteiger charge is 2.38. The number of ether oxygens (including phenoxy) is 1. The molecule has 29 heavy (non-hydrogen) atoms. The number of hydrogen-bond donors (Lipinski definition) is 2. The average Bonchev–Trinajstić information content (AvgIpc) is 3.10. The zero-order chi connectivity index (χ0) is 20.8. The zero-order valence-corrected chi connectivity index (χ0v) is 16.9. The van der Waals surface area contributed by atoms with Crippen LogP contribution in [0.25, 0.3) is 0 Å². The third-order valence-corrected chi connectivity index (χ3v) is 5.37. The number of nitrogens with zero attached hydrogens (tertiary/aromatic N) is 1. The fraction of sp³-hybridized carbons (Fsp3) is 0.391. The van der Waals surface area contributed by atoms with Crippen LogP contribution in [0.4, 0.5) is 0 Å². The molecule has 0 aliphatic carbocycles. The SMILES string of the molecule is COC(=O)[C@@H]1C[C@H](NC(=O)CCc2ccc(C)cc2)CN1Cc1ccccc1O. The molecule has 1 fully saturated rings. The van der Waals surface area contributed by atoms with Gasteiger partial charge >= 0.3 is 5.97 Å². The predicted molar refractivity (Wildman–Crippen MR) is 110 cm³/mol. The van der Waals surface area contributed by atoms with Gasteiger partial charge in [0.15, 0.2) is 0 Å². The lowest BCUT2D eigenvalue weighted by atomic mass is 10.1. The molecular formula is C23H28N2O4. The van der Waals surface area contributed by atoms with Crippen LogP contribution in [0.1, 0.15) is 29.5 Å². The first-order valence-corrected chi connectivity index (χ1v) is 9.90. The van der Waals surface area contributed by atoms with Crippen LogP contribution in [-0.4, -0.2) is 47.6 Å². The van der Waals surface area contributed by atoms with Crippen molar-refractivity contribution in [2.75, 3.05) is 13.7 Å². The topological polar surface area (TPSA) is 78.9 Å². The minimum Gasteiger partial charge on any atom is -0.508 e. The summed E-state index contributed by atoms with van der Waals surface area (Å²) in [7, 11) is 1.37. The Labute approximate surface area is 171 Å². The maximum Gasteiger partial charge on any atom is 0.323 e. The van der Waals surface area contributed by atoms with Crippen molar-refractivity contribution < 1.29 is 19.4 Å². The number of esters is 1. The first-order valence-electron chi connectivity index (χ1n) is 9.90. The lowest BCUT2D eigenvalue weighted by Crippen LogP contribution is -2.37. The Kier molecular flexibility index (Phi) is 6.88. The van der Waals surface area contributed by atoms with Gasteiger partial charge < -0.3 is 15.2 Å². The second-order valence-electron chi connectivity index (χ2n) is 7.58. The number of amides is 1. The molecule has 0 saturated carbocycles. The normalized spacial score (nSPS) is 19.1. The highest BCUT2D eigenvalue weighted by molar-refractivity contribution is 5.78. The van der Waals surface area contributed by atoms with Crippen LogP contribution in [0.2, 0.25) is 0 Å². The second-order valence-corrected chi connectivity index (χ2v) is 7.58. The van der Waals surface area contributed by atoms with Gasteiger partial charge in [0.25, 0.3) is 0 Å². The molecular weight excluding hydrogens is 368 g/mol. The van der Waals surface area contributed by atoms with Gasteiger partial charge in [-0.15, -0.1) is 0 Å². The molecule has 1 saturated heterocycles. The van der Waals surface area contributed by atoms with Crippen LogP contribution in [0.3, 0.4) is 0 Å². The van der Waals surface area contributed by atoms with Crippen LogP contribution in [0, 0.1) is 6.92 Å². The number of methoxy groups -OCH3 is 1. The number of nitrogens with one attached hydrogen (secondary N) is 1. The molecule has 2 aromatic rings. The smallest absolute Gasteiger partial charge is 0.323 e. The lowest BCUT2D eigenvalue weighted by Gasteiger charge is -2.22. The first-order chi connectivity index (χ1) is 14.0. The molecule has 154 valence electrons. The van der Waals surface area contributed by atoms with Gasteiger partial charge in [-0.3, -0.25) is 14.5 Å². The molecule has 2 atom stereocenters. The molecule has 2 N–H and O–H groups in total. The molecule has 1 aliphatic heterocycles. The standard InChI is InChI=1S/C23H28N2O4/c1-16-7-9-17(10-8-16)11-12-22(27)24-19-13-20(23(28)29-2)25(15-19)14-18-5-3-4-6-21(18)26/h3-10,19-20,26H,11-15H2,1-2H3,(H,24,27)/t19-,20-/m0/s1. The number of phenols is 1. The summed E-state index contributed by atoms with van der Waals surface area (Å²) in [5, 5.41) is 13.1. The monoisotopic (exact) mass is 396 g/mol. The number of benzene rings is 2. The van der Waals surface area contributed by atoms with E-state index >= 15 is 0 Å². The number of carbonyl (C=O) groups is 2. The summed E-state index contributed by atoms with van der Waals surface area (Å²) < 4.78 is 4.94. The van der Waals surface area contributed by atoms with Gasteiger partial charge in [-0.1, -0.05) is 48.0 Å². The minimum absolute atomic E-state index is 0.0244.